The Hall–Kier alpha value is -0.580. The molecule has 2 unspecified atom stereocenters. The number of rotatable bonds is 35. The van der Waals surface area contributed by atoms with Crippen LogP contribution in [0.1, 0.15) is 168 Å². The molecular weight excluding hydrogens is 643 g/mol. The van der Waals surface area contributed by atoms with E-state index in [-0.39, 0.29) is 13.0 Å². The van der Waals surface area contributed by atoms with Gasteiger partial charge >= 0.3 is 7.82 Å². The molecule has 5 atom stereocenters. The summed E-state index contributed by atoms with van der Waals surface area (Å²) < 4.78 is 23.3. The molecule has 0 fully saturated rings. The quantitative estimate of drug-likeness (QED) is 0.0251. The van der Waals surface area contributed by atoms with Crippen molar-refractivity contribution < 1.29 is 43.1 Å². The summed E-state index contributed by atoms with van der Waals surface area (Å²) in [4.78, 5) is 23.1. The molecule has 0 aliphatic rings. The second kappa shape index (κ2) is 29.9. The number of quaternary nitrogens is 1. The predicted octanol–water partition coefficient (Wildman–Crippen LogP) is 8.04. The molecule has 0 aromatic heterocycles. The first kappa shape index (κ1) is 48.4. The summed E-state index contributed by atoms with van der Waals surface area (Å²) in [7, 11) is 1.29. The van der Waals surface area contributed by atoms with Gasteiger partial charge in [-0.1, -0.05) is 156 Å². The van der Waals surface area contributed by atoms with Gasteiger partial charge < -0.3 is 30.0 Å². The lowest BCUT2D eigenvalue weighted by atomic mass is 9.99. The lowest BCUT2D eigenvalue weighted by Gasteiger charge is -2.29. The zero-order valence-corrected chi connectivity index (χ0v) is 33.5. The average molecular weight is 724 g/mol. The Balaban J connectivity index is 4.73. The van der Waals surface area contributed by atoms with Gasteiger partial charge in [-0.25, -0.2) is 4.57 Å². The zero-order valence-electron chi connectivity index (χ0n) is 32.6. The van der Waals surface area contributed by atoms with Gasteiger partial charge in [-0.3, -0.25) is 13.8 Å². The summed E-state index contributed by atoms with van der Waals surface area (Å²) in [5, 5.41) is 34.9. The Labute approximate surface area is 301 Å². The van der Waals surface area contributed by atoms with Crippen LogP contribution in [0.15, 0.2) is 0 Å². The number of amides is 1. The smallest absolute Gasteiger partial charge is 0.390 e. The van der Waals surface area contributed by atoms with E-state index in [4.69, 9.17) is 9.05 Å². The lowest BCUT2D eigenvalue weighted by Crippen LogP contribution is -2.53. The molecule has 0 aliphatic carbocycles. The molecule has 10 nitrogen and oxygen atoms in total. The van der Waals surface area contributed by atoms with E-state index in [9.17, 15) is 29.6 Å². The maximum absolute atomic E-state index is 12.9. The van der Waals surface area contributed by atoms with E-state index < -0.39 is 44.7 Å². The summed E-state index contributed by atoms with van der Waals surface area (Å²) in [5.41, 5.74) is 0. The van der Waals surface area contributed by atoms with Crippen LogP contribution in [0, 0.1) is 5.92 Å². The van der Waals surface area contributed by atoms with E-state index in [1.165, 1.54) is 83.5 Å². The fourth-order valence-electron chi connectivity index (χ4n) is 5.86. The molecule has 0 aromatic carbocycles. The number of phosphoric acid groups is 1. The summed E-state index contributed by atoms with van der Waals surface area (Å²) >= 11 is 0. The Bertz CT molecular complexity index is 826. The number of hydrogen-bond donors (Lipinski definition) is 5. The van der Waals surface area contributed by atoms with Crippen LogP contribution in [-0.4, -0.2) is 95.9 Å². The molecule has 1 amide bonds. The molecule has 0 rings (SSSR count). The van der Waals surface area contributed by atoms with Crippen LogP contribution in [0.5, 0.6) is 0 Å². The van der Waals surface area contributed by atoms with Crippen LogP contribution in [0.25, 0.3) is 0 Å². The van der Waals surface area contributed by atoms with E-state index in [0.717, 1.165) is 44.4 Å². The van der Waals surface area contributed by atoms with Gasteiger partial charge in [0.2, 0.25) is 5.91 Å². The van der Waals surface area contributed by atoms with Crippen molar-refractivity contribution >= 4 is 13.7 Å². The number of unbranched alkanes of at least 4 members (excludes halogenated alkanes) is 18. The number of aliphatic hydroxyl groups excluding tert-OH is 3. The van der Waals surface area contributed by atoms with Crippen molar-refractivity contribution in [1.82, 2.24) is 5.32 Å². The van der Waals surface area contributed by atoms with Crippen LogP contribution >= 0.6 is 7.82 Å². The van der Waals surface area contributed by atoms with Gasteiger partial charge in [0, 0.05) is 0 Å². The number of phosphoric ester groups is 1. The number of carbonyl (C=O) groups is 1. The van der Waals surface area contributed by atoms with Crippen molar-refractivity contribution in [1.29, 1.82) is 0 Å². The maximum atomic E-state index is 12.9. The van der Waals surface area contributed by atoms with Gasteiger partial charge in [-0.2, -0.15) is 0 Å². The molecular formula is C38H80N2O8P+. The fourth-order valence-corrected chi connectivity index (χ4v) is 6.60. The van der Waals surface area contributed by atoms with Crippen molar-refractivity contribution in [2.45, 2.75) is 193 Å². The monoisotopic (exact) mass is 724 g/mol. The molecule has 0 spiro atoms. The van der Waals surface area contributed by atoms with Gasteiger partial charge in [-0.05, 0) is 18.8 Å². The third-order valence-electron chi connectivity index (χ3n) is 9.23. The molecule has 0 bridgehead atoms. The van der Waals surface area contributed by atoms with Crippen LogP contribution < -0.4 is 5.32 Å². The molecule has 5 N–H and O–H groups in total. The third-order valence-corrected chi connectivity index (χ3v) is 10.2. The van der Waals surface area contributed by atoms with Gasteiger partial charge in [0.15, 0.2) is 0 Å². The second-order valence-electron chi connectivity index (χ2n) is 15.8. The Morgan fingerprint density at radius 3 is 1.55 bits per heavy atom. The van der Waals surface area contributed by atoms with E-state index in [2.05, 4.69) is 26.1 Å². The number of aliphatic hydroxyl groups is 3. The van der Waals surface area contributed by atoms with E-state index >= 15 is 0 Å². The largest absolute Gasteiger partial charge is 0.472 e. The maximum Gasteiger partial charge on any atom is 0.472 e. The van der Waals surface area contributed by atoms with Gasteiger partial charge in [0.05, 0.1) is 39.9 Å². The minimum atomic E-state index is -4.48. The number of carbonyl (C=O) groups excluding carboxylic acids is 1. The Kier molecular flexibility index (Phi) is 29.6. The molecule has 294 valence electrons. The molecule has 0 saturated carbocycles. The van der Waals surface area contributed by atoms with E-state index in [1.807, 2.05) is 21.1 Å². The fraction of sp³-hybridized carbons (Fsp3) is 0.974. The average Bonchev–Trinajstić information content (AvgIpc) is 3.02. The standard InChI is InChI=1S/C38H79N2O8P/c1-7-8-9-10-11-12-13-14-15-20-23-26-29-36(42)38(44)39-34(32-48-49(45,46)47-31-30-40(4,5)6)37(43)35(41)28-25-22-19-17-16-18-21-24-27-33(2)3/h33-37,41-43H,7-32H2,1-6H3,(H-,39,44,45,46)/p+1/t34-,35+,36?,37-/m0/s1. The first-order valence-corrected chi connectivity index (χ1v) is 21.4. The van der Waals surface area contributed by atoms with Crippen molar-refractivity contribution in [3.05, 3.63) is 0 Å². The molecule has 0 aliphatic heterocycles. The van der Waals surface area contributed by atoms with Crippen molar-refractivity contribution in [3.8, 4) is 0 Å². The Morgan fingerprint density at radius 2 is 1.10 bits per heavy atom. The molecule has 0 aromatic rings. The number of nitrogens with zero attached hydrogens (tertiary/aromatic N) is 1. The van der Waals surface area contributed by atoms with Gasteiger partial charge in [-0.15, -0.1) is 0 Å². The van der Waals surface area contributed by atoms with Crippen LogP contribution in [0.4, 0.5) is 0 Å². The molecule has 0 heterocycles. The van der Waals surface area contributed by atoms with Gasteiger partial charge in [0.25, 0.3) is 0 Å². The molecule has 11 heteroatoms. The number of likely N-dealkylation sites (N-methyl/N-ethyl adjacent to an activating group) is 1. The topological polar surface area (TPSA) is 146 Å². The molecule has 0 saturated heterocycles. The Morgan fingerprint density at radius 1 is 0.673 bits per heavy atom. The third kappa shape index (κ3) is 30.7. The van der Waals surface area contributed by atoms with Crippen LogP contribution in [-0.2, 0) is 18.4 Å². The minimum absolute atomic E-state index is 0.0187. The highest BCUT2D eigenvalue weighted by molar-refractivity contribution is 7.47. The summed E-state index contributed by atoms with van der Waals surface area (Å²) in [6, 6.07) is -1.20. The first-order chi connectivity index (χ1) is 23.2. The second-order valence-corrected chi connectivity index (χ2v) is 17.2. The summed E-state index contributed by atoms with van der Waals surface area (Å²) in [6.45, 7) is 6.65. The number of nitrogens with one attached hydrogen (secondary N) is 1. The zero-order chi connectivity index (χ0) is 37.0. The normalized spacial score (nSPS) is 16.0. The lowest BCUT2D eigenvalue weighted by molar-refractivity contribution is -0.870. The first-order valence-electron chi connectivity index (χ1n) is 20.0. The minimum Gasteiger partial charge on any atom is -0.390 e. The number of hydrogen-bond acceptors (Lipinski definition) is 7. The highest BCUT2D eigenvalue weighted by Gasteiger charge is 2.33. The van der Waals surface area contributed by atoms with Crippen molar-refractivity contribution in [3.63, 3.8) is 0 Å². The molecule has 49 heavy (non-hydrogen) atoms. The highest BCUT2D eigenvalue weighted by Crippen LogP contribution is 2.43. The van der Waals surface area contributed by atoms with Crippen molar-refractivity contribution in [2.75, 3.05) is 40.9 Å². The van der Waals surface area contributed by atoms with Crippen LogP contribution in [0.2, 0.25) is 0 Å². The summed E-state index contributed by atoms with van der Waals surface area (Å²) in [6.07, 6.45) is 21.0. The van der Waals surface area contributed by atoms with Crippen molar-refractivity contribution in [2.24, 2.45) is 5.92 Å². The predicted molar refractivity (Wildman–Crippen MR) is 201 cm³/mol. The SMILES string of the molecule is CCCCCCCCCCCCCCC(O)C(=O)N[C@@H](COP(=O)(O)OCC[N+](C)(C)C)[C@H](O)[C@H](O)CCCCCCCCCCC(C)C. The van der Waals surface area contributed by atoms with Crippen LogP contribution in [0.3, 0.4) is 0 Å². The van der Waals surface area contributed by atoms with E-state index in [1.54, 1.807) is 0 Å². The van der Waals surface area contributed by atoms with E-state index in [0.29, 0.717) is 30.3 Å². The van der Waals surface area contributed by atoms with Gasteiger partial charge in [0.1, 0.15) is 25.4 Å². The summed E-state index contributed by atoms with van der Waals surface area (Å²) in [5.74, 6) is 0.0599. The molecule has 0 radical (unpaired) electrons. The highest BCUT2D eigenvalue weighted by atomic mass is 31.2.